The molecule has 0 amide bonds. The highest BCUT2D eigenvalue weighted by Crippen LogP contribution is 2.22. The number of carbonyl (C=O) groups excluding carboxylic acids is 1. The molecule has 0 rings (SSSR count). The molecule has 0 unspecified atom stereocenters. The number of hydrogen-bond donors (Lipinski definition) is 2. The van der Waals surface area contributed by atoms with Crippen LogP contribution < -0.4 is 10.6 Å². The van der Waals surface area contributed by atoms with E-state index in [1.807, 2.05) is 0 Å². The molecule has 0 fully saturated rings. The summed E-state index contributed by atoms with van der Waals surface area (Å²) in [7, 11) is 3.13. The van der Waals surface area contributed by atoms with Crippen LogP contribution in [0.2, 0.25) is 0 Å². The van der Waals surface area contributed by atoms with Crippen molar-refractivity contribution in [1.29, 1.82) is 0 Å². The summed E-state index contributed by atoms with van der Waals surface area (Å²) in [5.41, 5.74) is 0.245. The maximum atomic E-state index is 11.0. The summed E-state index contributed by atoms with van der Waals surface area (Å²) in [6.07, 6.45) is 5.35. The Kier molecular flexibility index (Phi) is 14.2. The molecule has 0 saturated heterocycles. The third-order valence-electron chi connectivity index (χ3n) is 3.26. The van der Waals surface area contributed by atoms with Gasteiger partial charge in [-0.1, -0.05) is 40.0 Å². The van der Waals surface area contributed by atoms with Gasteiger partial charge < -0.3 is 15.4 Å². The van der Waals surface area contributed by atoms with E-state index in [9.17, 15) is 4.79 Å². The largest absolute Gasteiger partial charge is 0.469 e. The molecule has 6 heteroatoms. The number of halogens is 1. The fourth-order valence-electron chi connectivity index (χ4n) is 1.87. The van der Waals surface area contributed by atoms with Crippen molar-refractivity contribution in [2.45, 2.75) is 52.9 Å². The Balaban J connectivity index is 0. The first-order valence-corrected chi connectivity index (χ1v) is 7.46. The molecule has 0 heterocycles. The minimum absolute atomic E-state index is 0. The van der Waals surface area contributed by atoms with E-state index in [1.165, 1.54) is 32.8 Å². The van der Waals surface area contributed by atoms with Gasteiger partial charge in [0.05, 0.1) is 13.5 Å². The summed E-state index contributed by atoms with van der Waals surface area (Å²) in [5, 5.41) is 6.43. The summed E-state index contributed by atoms with van der Waals surface area (Å²) in [6, 6.07) is 0. The number of aliphatic imine (C=N–C) groups is 1. The number of methoxy groups -OCH3 is 1. The van der Waals surface area contributed by atoms with Gasteiger partial charge in [-0.2, -0.15) is 0 Å². The van der Waals surface area contributed by atoms with E-state index in [2.05, 4.69) is 41.1 Å². The third-order valence-corrected chi connectivity index (χ3v) is 3.26. The molecule has 0 aliphatic rings. The maximum absolute atomic E-state index is 11.0. The van der Waals surface area contributed by atoms with Gasteiger partial charge in [-0.15, -0.1) is 24.0 Å². The molecule has 126 valence electrons. The zero-order chi connectivity index (χ0) is 15.4. The number of ether oxygens (including phenoxy) is 1. The predicted molar refractivity (Wildman–Crippen MR) is 99.3 cm³/mol. The van der Waals surface area contributed by atoms with Gasteiger partial charge in [-0.25, -0.2) is 0 Å². The van der Waals surface area contributed by atoms with Gasteiger partial charge in [0.15, 0.2) is 5.96 Å². The van der Waals surface area contributed by atoms with Crippen LogP contribution in [0.25, 0.3) is 0 Å². The van der Waals surface area contributed by atoms with Gasteiger partial charge in [0.1, 0.15) is 0 Å². The number of carbonyl (C=O) groups is 1. The lowest BCUT2D eigenvalue weighted by atomic mass is 9.87. The molecule has 0 saturated carbocycles. The molecule has 0 aliphatic carbocycles. The Labute approximate surface area is 146 Å². The number of esters is 1. The summed E-state index contributed by atoms with van der Waals surface area (Å²) < 4.78 is 4.60. The monoisotopic (exact) mass is 413 g/mol. The average Bonchev–Trinajstić information content (AvgIpc) is 2.42. The Morgan fingerprint density at radius 2 is 1.90 bits per heavy atom. The number of nitrogens with one attached hydrogen (secondary N) is 2. The molecule has 5 nitrogen and oxygen atoms in total. The van der Waals surface area contributed by atoms with E-state index in [1.54, 1.807) is 7.05 Å². The van der Waals surface area contributed by atoms with Gasteiger partial charge in [-0.05, 0) is 11.8 Å². The van der Waals surface area contributed by atoms with Gasteiger partial charge in [-0.3, -0.25) is 9.79 Å². The lowest BCUT2D eigenvalue weighted by Gasteiger charge is -2.26. The van der Waals surface area contributed by atoms with Crippen molar-refractivity contribution >= 4 is 35.9 Å². The molecule has 0 spiro atoms. The summed E-state index contributed by atoms with van der Waals surface area (Å²) in [5.74, 6) is 0.519. The molecule has 0 aromatic heterocycles. The van der Waals surface area contributed by atoms with Crippen LogP contribution in [0.15, 0.2) is 4.99 Å². The molecular weight excluding hydrogens is 381 g/mol. The van der Waals surface area contributed by atoms with Crippen molar-refractivity contribution in [2.24, 2.45) is 10.4 Å². The van der Waals surface area contributed by atoms with Crippen LogP contribution in [0.1, 0.15) is 52.9 Å². The van der Waals surface area contributed by atoms with E-state index < -0.39 is 0 Å². The first-order chi connectivity index (χ1) is 9.45. The van der Waals surface area contributed by atoms with Crippen LogP contribution in [0, 0.1) is 5.41 Å². The second kappa shape index (κ2) is 13.2. The van der Waals surface area contributed by atoms with E-state index in [4.69, 9.17) is 0 Å². The zero-order valence-electron chi connectivity index (χ0n) is 14.1. The fourth-order valence-corrected chi connectivity index (χ4v) is 1.87. The quantitative estimate of drug-likeness (QED) is 0.201. The molecule has 2 N–H and O–H groups in total. The van der Waals surface area contributed by atoms with E-state index in [-0.39, 0.29) is 35.4 Å². The van der Waals surface area contributed by atoms with E-state index in [0.717, 1.165) is 12.5 Å². The van der Waals surface area contributed by atoms with Crippen LogP contribution in [0.4, 0.5) is 0 Å². The highest BCUT2D eigenvalue weighted by molar-refractivity contribution is 14.0. The van der Waals surface area contributed by atoms with Crippen molar-refractivity contribution in [3.63, 3.8) is 0 Å². The van der Waals surface area contributed by atoms with Gasteiger partial charge in [0.25, 0.3) is 0 Å². The van der Waals surface area contributed by atoms with Crippen molar-refractivity contribution in [3.8, 4) is 0 Å². The first kappa shape index (κ1) is 22.7. The van der Waals surface area contributed by atoms with Crippen molar-refractivity contribution in [1.82, 2.24) is 10.6 Å². The molecule has 21 heavy (non-hydrogen) atoms. The smallest absolute Gasteiger partial charge is 0.307 e. The van der Waals surface area contributed by atoms with Gasteiger partial charge >= 0.3 is 5.97 Å². The lowest BCUT2D eigenvalue weighted by molar-refractivity contribution is -0.140. The van der Waals surface area contributed by atoms with E-state index in [0.29, 0.717) is 13.0 Å². The van der Waals surface area contributed by atoms with Crippen LogP contribution in [0.3, 0.4) is 0 Å². The summed E-state index contributed by atoms with van der Waals surface area (Å²) >= 11 is 0. The van der Waals surface area contributed by atoms with E-state index >= 15 is 0 Å². The standard InChI is InChI=1S/C15H31N3O2.HI/c1-6-7-8-10-15(2,3)12-18-14(16-4)17-11-9-13(19)20-5;/h6-12H2,1-5H3,(H2,16,17,18);1H. The molecule has 0 bridgehead atoms. The molecular formula is C15H32IN3O2. The minimum Gasteiger partial charge on any atom is -0.469 e. The number of guanidine groups is 1. The van der Waals surface area contributed by atoms with Gasteiger partial charge in [0.2, 0.25) is 0 Å². The summed E-state index contributed by atoms with van der Waals surface area (Å²) in [4.78, 5) is 15.2. The highest BCUT2D eigenvalue weighted by atomic mass is 127. The lowest BCUT2D eigenvalue weighted by Crippen LogP contribution is -2.42. The predicted octanol–water partition coefficient (Wildman–Crippen LogP) is 2.94. The SMILES string of the molecule is CCCCCC(C)(C)CNC(=NC)NCCC(=O)OC.I. The second-order valence-electron chi connectivity index (χ2n) is 5.80. The first-order valence-electron chi connectivity index (χ1n) is 7.46. The maximum Gasteiger partial charge on any atom is 0.307 e. The number of rotatable bonds is 9. The fraction of sp³-hybridized carbons (Fsp3) is 0.867. The molecule has 0 aromatic carbocycles. The Morgan fingerprint density at radius 1 is 1.24 bits per heavy atom. The van der Waals surface area contributed by atoms with Crippen LogP contribution in [0.5, 0.6) is 0 Å². The normalized spacial score (nSPS) is 11.6. The highest BCUT2D eigenvalue weighted by Gasteiger charge is 2.17. The number of hydrogen-bond acceptors (Lipinski definition) is 3. The number of nitrogens with zero attached hydrogens (tertiary/aromatic N) is 1. The second-order valence-corrected chi connectivity index (χ2v) is 5.80. The van der Waals surface area contributed by atoms with Gasteiger partial charge in [0, 0.05) is 20.1 Å². The summed E-state index contributed by atoms with van der Waals surface area (Å²) in [6.45, 7) is 8.14. The van der Waals surface area contributed by atoms with Crippen LogP contribution >= 0.6 is 24.0 Å². The average molecular weight is 413 g/mol. The molecule has 0 aromatic rings. The minimum atomic E-state index is -0.215. The topological polar surface area (TPSA) is 62.7 Å². The molecule has 0 atom stereocenters. The van der Waals surface area contributed by atoms with Crippen LogP contribution in [-0.4, -0.2) is 39.2 Å². The Hall–Kier alpha value is -0.530. The molecule has 0 aliphatic heterocycles. The van der Waals surface area contributed by atoms with Crippen LogP contribution in [-0.2, 0) is 9.53 Å². The molecule has 0 radical (unpaired) electrons. The Bertz CT molecular complexity index is 307. The van der Waals surface area contributed by atoms with Crippen molar-refractivity contribution < 1.29 is 9.53 Å². The number of unbranched alkanes of at least 4 members (excludes halogenated alkanes) is 2. The Morgan fingerprint density at radius 3 is 2.43 bits per heavy atom. The van der Waals surface area contributed by atoms with Crippen molar-refractivity contribution in [3.05, 3.63) is 0 Å². The third kappa shape index (κ3) is 12.9. The van der Waals surface area contributed by atoms with Crippen molar-refractivity contribution in [2.75, 3.05) is 27.2 Å². The zero-order valence-corrected chi connectivity index (χ0v) is 16.5.